The second-order valence-electron chi connectivity index (χ2n) is 4.38. The molecule has 0 aliphatic heterocycles. The molecule has 0 heterocycles. The molecule has 1 unspecified atom stereocenters. The zero-order valence-electron chi connectivity index (χ0n) is 10.3. The van der Waals surface area contributed by atoms with E-state index in [9.17, 15) is 4.79 Å². The number of rotatable bonds is 3. The van der Waals surface area contributed by atoms with Crippen LogP contribution in [0.5, 0.6) is 0 Å². The van der Waals surface area contributed by atoms with Crippen molar-refractivity contribution in [1.82, 2.24) is 5.32 Å². The molecule has 0 amide bonds. The Morgan fingerprint density at radius 3 is 2.31 bits per heavy atom. The van der Waals surface area contributed by atoms with Crippen molar-refractivity contribution in [2.24, 2.45) is 0 Å². The Kier molecular flexibility index (Phi) is 6.23. The van der Waals surface area contributed by atoms with Crippen LogP contribution in [0.3, 0.4) is 0 Å². The molecule has 0 saturated heterocycles. The van der Waals surface area contributed by atoms with E-state index in [0.29, 0.717) is 0 Å². The summed E-state index contributed by atoms with van der Waals surface area (Å²) in [6, 6.07) is 0. The second-order valence-corrected chi connectivity index (χ2v) is 4.38. The molecule has 94 valence electrons. The highest BCUT2D eigenvalue weighted by Crippen LogP contribution is 2.19. The SMILES string of the molecule is CNC(C)OC(=O)OC1CCCCCCC1. The molecular weight excluding hydrogens is 206 g/mol. The van der Waals surface area contributed by atoms with Crippen LogP contribution in [0.15, 0.2) is 0 Å². The molecule has 0 spiro atoms. The van der Waals surface area contributed by atoms with Gasteiger partial charge in [-0.05, 0) is 39.7 Å². The smallest absolute Gasteiger partial charge is 0.431 e. The van der Waals surface area contributed by atoms with Crippen molar-refractivity contribution in [2.45, 2.75) is 64.2 Å². The summed E-state index contributed by atoms with van der Waals surface area (Å²) in [5.41, 5.74) is 0. The minimum absolute atomic E-state index is 0.0526. The first-order valence-electron chi connectivity index (χ1n) is 6.27. The zero-order chi connectivity index (χ0) is 11.8. The van der Waals surface area contributed by atoms with Crippen LogP contribution in [0.1, 0.15) is 51.9 Å². The second kappa shape index (κ2) is 7.49. The third kappa shape index (κ3) is 5.35. The molecule has 0 aromatic rings. The van der Waals surface area contributed by atoms with Crippen molar-refractivity contribution >= 4 is 6.16 Å². The van der Waals surface area contributed by atoms with Gasteiger partial charge in [0.2, 0.25) is 0 Å². The zero-order valence-corrected chi connectivity index (χ0v) is 10.3. The van der Waals surface area contributed by atoms with Gasteiger partial charge in [-0.1, -0.05) is 19.3 Å². The highest BCUT2D eigenvalue weighted by Gasteiger charge is 2.17. The first-order valence-corrected chi connectivity index (χ1v) is 6.27. The molecule has 1 aliphatic rings. The standard InChI is InChI=1S/C12H23NO3/c1-10(13-2)15-12(14)16-11-8-6-4-3-5-7-9-11/h10-11,13H,3-9H2,1-2H3. The van der Waals surface area contributed by atoms with Gasteiger partial charge in [-0.15, -0.1) is 0 Å². The third-order valence-electron chi connectivity index (χ3n) is 2.99. The minimum atomic E-state index is -0.549. The maximum absolute atomic E-state index is 11.4. The molecule has 4 nitrogen and oxygen atoms in total. The molecule has 1 aliphatic carbocycles. The number of hydrogen-bond donors (Lipinski definition) is 1. The van der Waals surface area contributed by atoms with Gasteiger partial charge in [-0.2, -0.15) is 0 Å². The van der Waals surface area contributed by atoms with Gasteiger partial charge in [0.05, 0.1) is 0 Å². The van der Waals surface area contributed by atoms with Gasteiger partial charge < -0.3 is 9.47 Å². The van der Waals surface area contributed by atoms with Crippen LogP contribution in [-0.2, 0) is 9.47 Å². The van der Waals surface area contributed by atoms with Gasteiger partial charge in [0.1, 0.15) is 6.10 Å². The summed E-state index contributed by atoms with van der Waals surface area (Å²) in [5.74, 6) is 0. The summed E-state index contributed by atoms with van der Waals surface area (Å²) in [4.78, 5) is 11.4. The van der Waals surface area contributed by atoms with Crippen molar-refractivity contribution in [3.63, 3.8) is 0 Å². The lowest BCUT2D eigenvalue weighted by Crippen LogP contribution is -2.30. The molecule has 1 N–H and O–H groups in total. The quantitative estimate of drug-likeness (QED) is 0.597. The molecule has 0 aromatic carbocycles. The third-order valence-corrected chi connectivity index (χ3v) is 2.99. The fourth-order valence-corrected chi connectivity index (χ4v) is 1.90. The topological polar surface area (TPSA) is 47.6 Å². The predicted octanol–water partition coefficient (Wildman–Crippen LogP) is 2.82. The number of ether oxygens (including phenoxy) is 2. The Labute approximate surface area is 97.7 Å². The summed E-state index contributed by atoms with van der Waals surface area (Å²) in [5, 5.41) is 2.83. The van der Waals surface area contributed by atoms with E-state index in [1.807, 2.05) is 0 Å². The first kappa shape index (κ1) is 13.3. The number of carbonyl (C=O) groups excluding carboxylic acids is 1. The Morgan fingerprint density at radius 1 is 1.19 bits per heavy atom. The minimum Gasteiger partial charge on any atom is -0.431 e. The molecule has 4 heteroatoms. The van der Waals surface area contributed by atoms with Crippen molar-refractivity contribution in [1.29, 1.82) is 0 Å². The van der Waals surface area contributed by atoms with E-state index in [2.05, 4.69) is 5.32 Å². The average Bonchev–Trinajstić information content (AvgIpc) is 2.21. The summed E-state index contributed by atoms with van der Waals surface area (Å²) in [6.07, 6.45) is 7.29. The van der Waals surface area contributed by atoms with Gasteiger partial charge in [-0.3, -0.25) is 5.32 Å². The van der Waals surface area contributed by atoms with Crippen LogP contribution in [0, 0.1) is 0 Å². The molecule has 0 radical (unpaired) electrons. The van der Waals surface area contributed by atoms with Crippen LogP contribution in [0.25, 0.3) is 0 Å². The Hall–Kier alpha value is -0.770. The summed E-state index contributed by atoms with van der Waals surface area (Å²) >= 11 is 0. The van der Waals surface area contributed by atoms with Gasteiger partial charge in [0.15, 0.2) is 6.23 Å². The van der Waals surface area contributed by atoms with Crippen LogP contribution in [-0.4, -0.2) is 25.5 Å². The lowest BCUT2D eigenvalue weighted by atomic mass is 9.99. The van der Waals surface area contributed by atoms with Gasteiger partial charge in [-0.25, -0.2) is 4.79 Å². The highest BCUT2D eigenvalue weighted by molar-refractivity contribution is 5.60. The molecular formula is C12H23NO3. The van der Waals surface area contributed by atoms with Crippen molar-refractivity contribution < 1.29 is 14.3 Å². The normalized spacial score (nSPS) is 20.6. The van der Waals surface area contributed by atoms with Crippen molar-refractivity contribution in [3.8, 4) is 0 Å². The molecule has 0 bridgehead atoms. The maximum Gasteiger partial charge on any atom is 0.510 e. The van der Waals surface area contributed by atoms with Gasteiger partial charge >= 0.3 is 6.16 Å². The van der Waals surface area contributed by atoms with Crippen LogP contribution >= 0.6 is 0 Å². The maximum atomic E-state index is 11.4. The Balaban J connectivity index is 2.25. The van der Waals surface area contributed by atoms with Gasteiger partial charge in [0.25, 0.3) is 0 Å². The summed E-state index contributed by atoms with van der Waals surface area (Å²) < 4.78 is 10.3. The van der Waals surface area contributed by atoms with E-state index in [4.69, 9.17) is 9.47 Å². The van der Waals surface area contributed by atoms with E-state index < -0.39 is 6.16 Å². The summed E-state index contributed by atoms with van der Waals surface area (Å²) in [6.45, 7) is 1.78. The lowest BCUT2D eigenvalue weighted by molar-refractivity contribution is -0.00967. The predicted molar refractivity (Wildman–Crippen MR) is 62.2 cm³/mol. The summed E-state index contributed by atoms with van der Waals surface area (Å²) in [7, 11) is 1.74. The fourth-order valence-electron chi connectivity index (χ4n) is 1.90. The number of nitrogens with one attached hydrogen (secondary N) is 1. The number of carbonyl (C=O) groups is 1. The average molecular weight is 229 g/mol. The van der Waals surface area contributed by atoms with Crippen LogP contribution in [0.4, 0.5) is 4.79 Å². The molecule has 1 atom stereocenters. The Bertz CT molecular complexity index is 200. The first-order chi connectivity index (χ1) is 7.72. The van der Waals surface area contributed by atoms with Crippen molar-refractivity contribution in [3.05, 3.63) is 0 Å². The molecule has 1 rings (SSSR count). The largest absolute Gasteiger partial charge is 0.510 e. The Morgan fingerprint density at radius 2 is 1.75 bits per heavy atom. The fraction of sp³-hybridized carbons (Fsp3) is 0.917. The lowest BCUT2D eigenvalue weighted by Gasteiger charge is -2.20. The van der Waals surface area contributed by atoms with E-state index in [0.717, 1.165) is 25.7 Å². The molecule has 1 saturated carbocycles. The van der Waals surface area contributed by atoms with Crippen molar-refractivity contribution in [2.75, 3.05) is 7.05 Å². The molecule has 16 heavy (non-hydrogen) atoms. The van der Waals surface area contributed by atoms with Crippen LogP contribution in [0.2, 0.25) is 0 Å². The van der Waals surface area contributed by atoms with Crippen LogP contribution < -0.4 is 5.32 Å². The molecule has 0 aromatic heterocycles. The number of hydrogen-bond acceptors (Lipinski definition) is 4. The molecule has 1 fully saturated rings. The monoisotopic (exact) mass is 229 g/mol. The van der Waals surface area contributed by atoms with E-state index in [1.54, 1.807) is 14.0 Å². The highest BCUT2D eigenvalue weighted by atomic mass is 16.7. The van der Waals surface area contributed by atoms with E-state index >= 15 is 0 Å². The van der Waals surface area contributed by atoms with E-state index in [1.165, 1.54) is 19.3 Å². The van der Waals surface area contributed by atoms with E-state index in [-0.39, 0.29) is 12.3 Å². The van der Waals surface area contributed by atoms with Gasteiger partial charge in [0, 0.05) is 0 Å².